The molecule has 0 aliphatic heterocycles. The predicted octanol–water partition coefficient (Wildman–Crippen LogP) is 3.55. The minimum absolute atomic E-state index is 0.00608. The molecule has 0 aromatic heterocycles. The van der Waals surface area contributed by atoms with Crippen LogP contribution in [-0.2, 0) is 0 Å². The van der Waals surface area contributed by atoms with Crippen molar-refractivity contribution in [1.29, 1.82) is 0 Å². The van der Waals surface area contributed by atoms with Crippen LogP contribution in [0.2, 0.25) is 5.31 Å². The third-order valence-corrected chi connectivity index (χ3v) is 3.61. The number of hydrogen-bond donors (Lipinski definition) is 1. The molecular weight excluding hydrogens is 181 g/mol. The van der Waals surface area contributed by atoms with E-state index in [-0.39, 0.29) is 10.9 Å². The Morgan fingerprint density at radius 2 is 1.53 bits per heavy atom. The summed E-state index contributed by atoms with van der Waals surface area (Å²) in [5.41, 5.74) is 0.277. The fourth-order valence-electron chi connectivity index (χ4n) is 1.78. The Morgan fingerprint density at radius 3 is 1.87 bits per heavy atom. The van der Waals surface area contributed by atoms with E-state index in [0.29, 0.717) is 5.92 Å². The Bertz CT molecular complexity index is 172. The number of nitrogens with one attached hydrogen (secondary N) is 1. The summed E-state index contributed by atoms with van der Waals surface area (Å²) >= 11 is 0. The molecule has 1 nitrogen and oxygen atoms in total. The second-order valence-corrected chi connectivity index (χ2v) is 6.02. The lowest BCUT2D eigenvalue weighted by molar-refractivity contribution is 0.251. The SMILES string of the molecule is [B]C(C)(C)CCCC[C@](C)(NC)C(C)C. The molecule has 0 amide bonds. The summed E-state index contributed by atoms with van der Waals surface area (Å²) < 4.78 is 0. The highest BCUT2D eigenvalue weighted by molar-refractivity contribution is 6.14. The van der Waals surface area contributed by atoms with Gasteiger partial charge in [-0.05, 0) is 26.3 Å². The fraction of sp³-hybridized carbons (Fsp3) is 1.00. The molecule has 1 atom stereocenters. The van der Waals surface area contributed by atoms with E-state index in [1.54, 1.807) is 0 Å². The summed E-state index contributed by atoms with van der Waals surface area (Å²) in [5, 5.41) is 3.44. The average molecular weight is 209 g/mol. The second kappa shape index (κ2) is 5.93. The van der Waals surface area contributed by atoms with Gasteiger partial charge in [0.1, 0.15) is 0 Å². The molecule has 0 aromatic carbocycles. The zero-order chi connectivity index (χ0) is 12.1. The first kappa shape index (κ1) is 15.0. The maximum absolute atomic E-state index is 5.96. The third kappa shape index (κ3) is 6.24. The summed E-state index contributed by atoms with van der Waals surface area (Å²) in [5.74, 6) is 0.674. The molecule has 0 unspecified atom stereocenters. The highest BCUT2D eigenvalue weighted by Crippen LogP contribution is 2.29. The maximum atomic E-state index is 5.96. The van der Waals surface area contributed by atoms with Gasteiger partial charge in [-0.3, -0.25) is 0 Å². The van der Waals surface area contributed by atoms with E-state index < -0.39 is 0 Å². The van der Waals surface area contributed by atoms with Crippen molar-refractivity contribution in [2.75, 3.05) is 7.05 Å². The van der Waals surface area contributed by atoms with Gasteiger partial charge in [-0.1, -0.05) is 52.3 Å². The van der Waals surface area contributed by atoms with Gasteiger partial charge in [-0.25, -0.2) is 0 Å². The van der Waals surface area contributed by atoms with Crippen LogP contribution in [0.4, 0.5) is 0 Å². The van der Waals surface area contributed by atoms with Gasteiger partial charge in [-0.2, -0.15) is 0 Å². The Morgan fingerprint density at radius 1 is 1.07 bits per heavy atom. The van der Waals surface area contributed by atoms with E-state index in [0.717, 1.165) is 6.42 Å². The van der Waals surface area contributed by atoms with Crippen LogP contribution in [0.1, 0.15) is 60.3 Å². The maximum Gasteiger partial charge on any atom is 0.0738 e. The predicted molar refractivity (Wildman–Crippen MR) is 70.6 cm³/mol. The molecule has 0 bridgehead atoms. The number of hydrogen-bond acceptors (Lipinski definition) is 1. The van der Waals surface area contributed by atoms with Crippen molar-refractivity contribution in [1.82, 2.24) is 5.32 Å². The van der Waals surface area contributed by atoms with E-state index >= 15 is 0 Å². The van der Waals surface area contributed by atoms with Crippen LogP contribution in [-0.4, -0.2) is 20.4 Å². The average Bonchev–Trinajstić information content (AvgIpc) is 2.10. The molecule has 0 spiro atoms. The Labute approximate surface area is 97.8 Å². The Balaban J connectivity index is 3.84. The van der Waals surface area contributed by atoms with Gasteiger partial charge >= 0.3 is 0 Å². The number of unbranched alkanes of at least 4 members (excludes halogenated alkanes) is 1. The van der Waals surface area contributed by atoms with E-state index in [1.807, 2.05) is 0 Å². The van der Waals surface area contributed by atoms with Crippen molar-refractivity contribution in [3.05, 3.63) is 0 Å². The molecule has 0 heterocycles. The van der Waals surface area contributed by atoms with Gasteiger partial charge in [0.05, 0.1) is 7.85 Å². The normalized spacial score (nSPS) is 16.7. The van der Waals surface area contributed by atoms with Crippen LogP contribution in [0.25, 0.3) is 0 Å². The minimum Gasteiger partial charge on any atom is -0.314 e. The van der Waals surface area contributed by atoms with Crippen molar-refractivity contribution in [3.63, 3.8) is 0 Å². The Hall–Kier alpha value is 0.0249. The van der Waals surface area contributed by atoms with Gasteiger partial charge in [0, 0.05) is 5.54 Å². The largest absolute Gasteiger partial charge is 0.314 e. The van der Waals surface area contributed by atoms with E-state index in [9.17, 15) is 0 Å². The van der Waals surface area contributed by atoms with Gasteiger partial charge in [0.15, 0.2) is 0 Å². The van der Waals surface area contributed by atoms with E-state index in [1.165, 1.54) is 19.3 Å². The van der Waals surface area contributed by atoms with Crippen molar-refractivity contribution in [2.24, 2.45) is 5.92 Å². The third-order valence-electron chi connectivity index (χ3n) is 3.61. The molecule has 0 aromatic rings. The summed E-state index contributed by atoms with van der Waals surface area (Å²) in [7, 11) is 8.02. The first-order valence-corrected chi connectivity index (χ1v) is 6.19. The van der Waals surface area contributed by atoms with Gasteiger partial charge in [0.2, 0.25) is 0 Å². The van der Waals surface area contributed by atoms with Crippen LogP contribution < -0.4 is 5.32 Å². The van der Waals surface area contributed by atoms with Crippen LogP contribution in [0.5, 0.6) is 0 Å². The minimum atomic E-state index is -0.00608. The quantitative estimate of drug-likeness (QED) is 0.499. The van der Waals surface area contributed by atoms with Gasteiger partial charge < -0.3 is 5.32 Å². The molecule has 0 aliphatic rings. The first-order chi connectivity index (χ1) is 6.71. The molecule has 2 radical (unpaired) electrons. The van der Waals surface area contributed by atoms with Crippen LogP contribution in [0.15, 0.2) is 0 Å². The molecule has 2 heteroatoms. The van der Waals surface area contributed by atoms with Crippen LogP contribution in [0, 0.1) is 5.92 Å². The molecule has 88 valence electrons. The van der Waals surface area contributed by atoms with Crippen molar-refractivity contribution < 1.29 is 0 Å². The molecule has 0 saturated carbocycles. The summed E-state index contributed by atoms with van der Waals surface area (Å²) in [6.45, 7) is 11.1. The van der Waals surface area contributed by atoms with E-state index in [4.69, 9.17) is 7.85 Å². The fourth-order valence-corrected chi connectivity index (χ4v) is 1.78. The lowest BCUT2D eigenvalue weighted by Gasteiger charge is -2.34. The van der Waals surface area contributed by atoms with Crippen molar-refractivity contribution in [2.45, 2.75) is 71.2 Å². The molecular formula is C13H28BN. The highest BCUT2D eigenvalue weighted by Gasteiger charge is 2.25. The molecule has 0 rings (SSSR count). The Kier molecular flexibility index (Phi) is 5.94. The van der Waals surface area contributed by atoms with Gasteiger partial charge in [0.25, 0.3) is 0 Å². The monoisotopic (exact) mass is 209 g/mol. The number of rotatable bonds is 7. The molecule has 1 N–H and O–H groups in total. The summed E-state index contributed by atoms with van der Waals surface area (Å²) in [4.78, 5) is 0. The van der Waals surface area contributed by atoms with Crippen molar-refractivity contribution >= 4 is 7.85 Å². The first-order valence-electron chi connectivity index (χ1n) is 6.19. The lowest BCUT2D eigenvalue weighted by Crippen LogP contribution is -2.44. The van der Waals surface area contributed by atoms with Gasteiger partial charge in [-0.15, -0.1) is 0 Å². The summed E-state index contributed by atoms with van der Waals surface area (Å²) in [6, 6.07) is 0. The highest BCUT2D eigenvalue weighted by atomic mass is 14.9. The van der Waals surface area contributed by atoms with Crippen molar-refractivity contribution in [3.8, 4) is 0 Å². The van der Waals surface area contributed by atoms with Crippen LogP contribution >= 0.6 is 0 Å². The van der Waals surface area contributed by atoms with Crippen LogP contribution in [0.3, 0.4) is 0 Å². The molecule has 0 saturated heterocycles. The lowest BCUT2D eigenvalue weighted by atomic mass is 9.69. The van der Waals surface area contributed by atoms with E-state index in [2.05, 4.69) is 47.0 Å². The molecule has 0 aliphatic carbocycles. The summed E-state index contributed by atoms with van der Waals surface area (Å²) in [6.07, 6.45) is 4.84. The topological polar surface area (TPSA) is 12.0 Å². The second-order valence-electron chi connectivity index (χ2n) is 6.02. The molecule has 0 fully saturated rings. The smallest absolute Gasteiger partial charge is 0.0738 e. The molecule has 15 heavy (non-hydrogen) atoms. The standard InChI is InChI=1S/C13H28BN/c1-11(2)13(5,15-6)10-8-7-9-12(3,4)14/h11,15H,7-10H2,1-6H3/t13-/m0/s1. The zero-order valence-electron chi connectivity index (χ0n) is 11.5. The zero-order valence-corrected chi connectivity index (χ0v) is 11.5.